The standard InChI is InChI=1S/C12H11ClFN3O/c13-10-7-9(1-2-11(10)14)16-12(18)3-5-17-6-4-15-8-17/h1-2,4,6-8H,3,5H2,(H,16,18). The van der Waals surface area contributed by atoms with Crippen LogP contribution in [0.3, 0.4) is 0 Å². The van der Waals surface area contributed by atoms with Crippen LogP contribution in [0.4, 0.5) is 10.1 Å². The third kappa shape index (κ3) is 3.30. The number of aryl methyl sites for hydroxylation is 1. The number of nitrogens with zero attached hydrogens (tertiary/aromatic N) is 2. The second kappa shape index (κ2) is 5.64. The SMILES string of the molecule is O=C(CCn1ccnc1)Nc1ccc(F)c(Cl)c1. The number of nitrogens with one attached hydrogen (secondary N) is 1. The van der Waals surface area contributed by atoms with E-state index in [0.717, 1.165) is 0 Å². The monoisotopic (exact) mass is 267 g/mol. The van der Waals surface area contributed by atoms with E-state index in [1.165, 1.54) is 18.2 Å². The van der Waals surface area contributed by atoms with Crippen molar-refractivity contribution in [1.82, 2.24) is 9.55 Å². The highest BCUT2D eigenvalue weighted by Crippen LogP contribution is 2.19. The number of carbonyl (C=O) groups is 1. The van der Waals surface area contributed by atoms with Crippen molar-refractivity contribution in [3.05, 3.63) is 47.8 Å². The van der Waals surface area contributed by atoms with Crippen LogP contribution in [0.5, 0.6) is 0 Å². The molecule has 0 aliphatic carbocycles. The topological polar surface area (TPSA) is 46.9 Å². The highest BCUT2D eigenvalue weighted by molar-refractivity contribution is 6.31. The van der Waals surface area contributed by atoms with Crippen molar-refractivity contribution in [2.45, 2.75) is 13.0 Å². The molecular weight excluding hydrogens is 257 g/mol. The van der Waals surface area contributed by atoms with Crippen molar-refractivity contribution in [3.63, 3.8) is 0 Å². The van der Waals surface area contributed by atoms with E-state index in [1.54, 1.807) is 23.3 Å². The number of carbonyl (C=O) groups excluding carboxylic acids is 1. The van der Waals surface area contributed by atoms with Gasteiger partial charge in [-0.05, 0) is 18.2 Å². The fourth-order valence-corrected chi connectivity index (χ4v) is 1.63. The third-order valence-corrected chi connectivity index (χ3v) is 2.65. The molecule has 1 aromatic carbocycles. The second-order valence-corrected chi connectivity index (χ2v) is 4.13. The Balaban J connectivity index is 1.88. The summed E-state index contributed by atoms with van der Waals surface area (Å²) in [5.74, 6) is -0.667. The quantitative estimate of drug-likeness (QED) is 0.926. The number of benzene rings is 1. The van der Waals surface area contributed by atoms with Crippen LogP contribution in [0, 0.1) is 5.82 Å². The maximum atomic E-state index is 12.9. The van der Waals surface area contributed by atoms with Gasteiger partial charge in [0.05, 0.1) is 11.3 Å². The molecule has 94 valence electrons. The van der Waals surface area contributed by atoms with Gasteiger partial charge < -0.3 is 9.88 Å². The van der Waals surface area contributed by atoms with Gasteiger partial charge in [0.1, 0.15) is 5.82 Å². The molecule has 0 atom stereocenters. The lowest BCUT2D eigenvalue weighted by molar-refractivity contribution is -0.116. The summed E-state index contributed by atoms with van der Waals surface area (Å²) in [6.45, 7) is 0.542. The van der Waals surface area contributed by atoms with Gasteiger partial charge in [-0.1, -0.05) is 11.6 Å². The molecule has 0 unspecified atom stereocenters. The lowest BCUT2D eigenvalue weighted by Gasteiger charge is -2.06. The van der Waals surface area contributed by atoms with Crippen molar-refractivity contribution in [2.75, 3.05) is 5.32 Å². The molecule has 0 fully saturated rings. The van der Waals surface area contributed by atoms with Gasteiger partial charge in [-0.15, -0.1) is 0 Å². The molecule has 1 amide bonds. The molecule has 0 saturated carbocycles. The van der Waals surface area contributed by atoms with Crippen LogP contribution in [0.15, 0.2) is 36.9 Å². The Morgan fingerprint density at radius 3 is 3.00 bits per heavy atom. The first-order valence-electron chi connectivity index (χ1n) is 5.36. The maximum Gasteiger partial charge on any atom is 0.226 e. The highest BCUT2D eigenvalue weighted by Gasteiger charge is 2.05. The van der Waals surface area contributed by atoms with Gasteiger partial charge in [-0.25, -0.2) is 9.37 Å². The Morgan fingerprint density at radius 2 is 2.33 bits per heavy atom. The summed E-state index contributed by atoms with van der Waals surface area (Å²) in [6, 6.07) is 4.07. The lowest BCUT2D eigenvalue weighted by Crippen LogP contribution is -2.14. The van der Waals surface area contributed by atoms with Gasteiger partial charge in [0.15, 0.2) is 0 Å². The molecule has 4 nitrogen and oxygen atoms in total. The summed E-state index contributed by atoms with van der Waals surface area (Å²) in [4.78, 5) is 15.5. The molecule has 0 spiro atoms. The zero-order chi connectivity index (χ0) is 13.0. The van der Waals surface area contributed by atoms with Crippen LogP contribution in [0.1, 0.15) is 6.42 Å². The third-order valence-electron chi connectivity index (χ3n) is 2.36. The van der Waals surface area contributed by atoms with Gasteiger partial charge in [-0.2, -0.15) is 0 Å². The minimum Gasteiger partial charge on any atom is -0.337 e. The number of imidazole rings is 1. The molecule has 2 rings (SSSR count). The first kappa shape index (κ1) is 12.6. The number of rotatable bonds is 4. The zero-order valence-corrected chi connectivity index (χ0v) is 10.2. The molecular formula is C12H11ClFN3O. The Kier molecular flexibility index (Phi) is 3.94. The second-order valence-electron chi connectivity index (χ2n) is 3.73. The molecule has 2 aromatic rings. The number of amides is 1. The van der Waals surface area contributed by atoms with E-state index in [2.05, 4.69) is 10.3 Å². The molecule has 0 aliphatic rings. The van der Waals surface area contributed by atoms with Crippen molar-refractivity contribution in [2.24, 2.45) is 0 Å². The highest BCUT2D eigenvalue weighted by atomic mass is 35.5. The number of hydrogen-bond acceptors (Lipinski definition) is 2. The smallest absolute Gasteiger partial charge is 0.226 e. The number of aromatic nitrogens is 2. The van der Waals surface area contributed by atoms with E-state index in [0.29, 0.717) is 18.7 Å². The first-order chi connectivity index (χ1) is 8.65. The fraction of sp³-hybridized carbons (Fsp3) is 0.167. The lowest BCUT2D eigenvalue weighted by atomic mass is 10.3. The van der Waals surface area contributed by atoms with Crippen molar-refractivity contribution >= 4 is 23.2 Å². The molecule has 0 bridgehead atoms. The van der Waals surface area contributed by atoms with E-state index in [9.17, 15) is 9.18 Å². The van der Waals surface area contributed by atoms with Crippen molar-refractivity contribution < 1.29 is 9.18 Å². The Morgan fingerprint density at radius 1 is 1.50 bits per heavy atom. The first-order valence-corrected chi connectivity index (χ1v) is 5.73. The van der Waals surface area contributed by atoms with Crippen LogP contribution >= 0.6 is 11.6 Å². The average molecular weight is 268 g/mol. The average Bonchev–Trinajstić information content (AvgIpc) is 2.84. The summed E-state index contributed by atoms with van der Waals surface area (Å²) in [5, 5.41) is 2.64. The van der Waals surface area contributed by atoms with E-state index in [1.807, 2.05) is 0 Å². The molecule has 0 radical (unpaired) electrons. The van der Waals surface area contributed by atoms with Crippen molar-refractivity contribution in [1.29, 1.82) is 0 Å². The number of halogens is 2. The Labute approximate surface area is 108 Å². The normalized spacial score (nSPS) is 10.3. The molecule has 0 saturated heterocycles. The van der Waals surface area contributed by atoms with E-state index >= 15 is 0 Å². The summed E-state index contributed by atoms with van der Waals surface area (Å²) < 4.78 is 14.7. The van der Waals surface area contributed by atoms with Crippen LogP contribution in [-0.2, 0) is 11.3 Å². The minimum atomic E-state index is -0.506. The summed E-state index contributed by atoms with van der Waals surface area (Å²) in [7, 11) is 0. The van der Waals surface area contributed by atoms with E-state index in [-0.39, 0.29) is 10.9 Å². The van der Waals surface area contributed by atoms with Crippen molar-refractivity contribution in [3.8, 4) is 0 Å². The molecule has 1 N–H and O–H groups in total. The van der Waals surface area contributed by atoms with Crippen LogP contribution in [0.25, 0.3) is 0 Å². The molecule has 0 aliphatic heterocycles. The zero-order valence-electron chi connectivity index (χ0n) is 9.44. The molecule has 1 heterocycles. The molecule has 6 heteroatoms. The van der Waals surface area contributed by atoms with E-state index < -0.39 is 5.82 Å². The van der Waals surface area contributed by atoms with Gasteiger partial charge in [-0.3, -0.25) is 4.79 Å². The van der Waals surface area contributed by atoms with Gasteiger partial charge in [0, 0.05) is 31.0 Å². The van der Waals surface area contributed by atoms with Crippen LogP contribution < -0.4 is 5.32 Å². The summed E-state index contributed by atoms with van der Waals surface area (Å²) >= 11 is 5.62. The number of hydrogen-bond donors (Lipinski definition) is 1. The molecule has 18 heavy (non-hydrogen) atoms. The Hall–Kier alpha value is -1.88. The number of anilines is 1. The van der Waals surface area contributed by atoms with E-state index in [4.69, 9.17) is 11.6 Å². The minimum absolute atomic E-state index is 0.0117. The predicted octanol–water partition coefficient (Wildman–Crippen LogP) is 2.70. The molecule has 1 aromatic heterocycles. The predicted molar refractivity (Wildman–Crippen MR) is 66.9 cm³/mol. The maximum absolute atomic E-state index is 12.9. The van der Waals surface area contributed by atoms with Gasteiger partial charge >= 0.3 is 0 Å². The van der Waals surface area contributed by atoms with Gasteiger partial charge in [0.2, 0.25) is 5.91 Å². The fourth-order valence-electron chi connectivity index (χ4n) is 1.45. The summed E-state index contributed by atoms with van der Waals surface area (Å²) in [6.07, 6.45) is 5.38. The van der Waals surface area contributed by atoms with Gasteiger partial charge in [0.25, 0.3) is 0 Å². The Bertz CT molecular complexity index is 542. The van der Waals surface area contributed by atoms with Crippen LogP contribution in [0.2, 0.25) is 5.02 Å². The van der Waals surface area contributed by atoms with Crippen LogP contribution in [-0.4, -0.2) is 15.5 Å². The largest absolute Gasteiger partial charge is 0.337 e. The summed E-state index contributed by atoms with van der Waals surface area (Å²) in [5.41, 5.74) is 0.483.